The molecule has 8 rings (SSSR count). The summed E-state index contributed by atoms with van der Waals surface area (Å²) >= 11 is 0. The van der Waals surface area contributed by atoms with Gasteiger partial charge in [-0.1, -0.05) is 50.0 Å². The molecule has 4 heterocycles. The molecule has 4 N–H and O–H groups in total. The van der Waals surface area contributed by atoms with Crippen LogP contribution < -0.4 is 10.6 Å². The zero-order valence-corrected chi connectivity index (χ0v) is 21.8. The van der Waals surface area contributed by atoms with Crippen molar-refractivity contribution in [1.29, 1.82) is 0 Å². The van der Waals surface area contributed by atoms with Crippen molar-refractivity contribution >= 4 is 0 Å². The molecule has 0 spiro atoms. The maximum Gasteiger partial charge on any atom is 0.123 e. The number of fused-ring (bicyclic) bond motifs is 2. The van der Waals surface area contributed by atoms with Crippen molar-refractivity contribution in [2.45, 2.75) is 63.7 Å². The third-order valence-corrected chi connectivity index (χ3v) is 9.44. The number of imidazole rings is 2. The summed E-state index contributed by atoms with van der Waals surface area (Å²) in [5, 5.41) is 7.40. The van der Waals surface area contributed by atoms with Gasteiger partial charge >= 0.3 is 0 Å². The summed E-state index contributed by atoms with van der Waals surface area (Å²) in [6.07, 6.45) is 8.82. The van der Waals surface area contributed by atoms with Crippen LogP contribution in [0.4, 0.5) is 0 Å². The predicted octanol–water partition coefficient (Wildman–Crippen LogP) is 5.49. The first-order valence-electron chi connectivity index (χ1n) is 13.8. The van der Waals surface area contributed by atoms with Crippen LogP contribution in [0, 0.1) is 22.7 Å². The van der Waals surface area contributed by atoms with E-state index in [1.165, 1.54) is 25.7 Å². The minimum absolute atomic E-state index is 0.345. The van der Waals surface area contributed by atoms with E-state index in [2.05, 4.69) is 105 Å². The molecule has 0 unspecified atom stereocenters. The zero-order valence-electron chi connectivity index (χ0n) is 21.8. The first-order valence-corrected chi connectivity index (χ1v) is 13.8. The maximum atomic E-state index is 4.66. The summed E-state index contributed by atoms with van der Waals surface area (Å²) in [5.74, 6) is 8.70. The standard InChI is InChI=1S/C32H32N6/c1-31-13-23(35-27(31)15-31)29-33-17-25(37-29)21-9-5-19(6-10-21)3-4-20-7-11-22(12-8-20)26-18-34-30(38-26)24-14-32(2)16-28(32)36-24/h5-12,17-18,23-24,27-28,35-36H,13-16H2,1-2H3,(H,33,37)(H,34,38)/t23-,24-,27-,28-,31+,32+/m0/s1. The highest BCUT2D eigenvalue weighted by Gasteiger charge is 2.58. The van der Waals surface area contributed by atoms with Crippen LogP contribution in [0.25, 0.3) is 22.5 Å². The summed E-state index contributed by atoms with van der Waals surface area (Å²) in [4.78, 5) is 16.4. The topological polar surface area (TPSA) is 81.4 Å². The van der Waals surface area contributed by atoms with E-state index in [-0.39, 0.29) is 0 Å². The Kier molecular flexibility index (Phi) is 4.66. The molecule has 4 aliphatic rings. The normalized spacial score (nSPS) is 32.4. The van der Waals surface area contributed by atoms with Gasteiger partial charge in [0.05, 0.1) is 35.9 Å². The molecule has 2 aromatic heterocycles. The van der Waals surface area contributed by atoms with Gasteiger partial charge in [-0.3, -0.25) is 0 Å². The number of rotatable bonds is 4. The van der Waals surface area contributed by atoms with E-state index in [1.807, 2.05) is 12.4 Å². The molecule has 0 bridgehead atoms. The van der Waals surface area contributed by atoms with Crippen LogP contribution in [0.2, 0.25) is 0 Å². The van der Waals surface area contributed by atoms with E-state index in [4.69, 9.17) is 0 Å². The predicted molar refractivity (Wildman–Crippen MR) is 148 cm³/mol. The lowest BCUT2D eigenvalue weighted by molar-refractivity contribution is 0.488. The van der Waals surface area contributed by atoms with Crippen molar-refractivity contribution in [2.24, 2.45) is 10.8 Å². The van der Waals surface area contributed by atoms with Crippen LogP contribution in [-0.4, -0.2) is 32.0 Å². The van der Waals surface area contributed by atoms with Gasteiger partial charge < -0.3 is 20.6 Å². The second-order valence-electron chi connectivity index (χ2n) is 12.4. The molecule has 0 radical (unpaired) electrons. The highest BCUT2D eigenvalue weighted by Crippen LogP contribution is 2.58. The summed E-state index contributed by atoms with van der Waals surface area (Å²) in [6.45, 7) is 4.74. The van der Waals surface area contributed by atoms with Crippen LogP contribution in [0.5, 0.6) is 0 Å². The molecule has 6 heteroatoms. The lowest BCUT2D eigenvalue weighted by Crippen LogP contribution is -2.18. The van der Waals surface area contributed by atoms with Crippen molar-refractivity contribution in [1.82, 2.24) is 30.6 Å². The molecule has 2 saturated carbocycles. The third-order valence-electron chi connectivity index (χ3n) is 9.44. The maximum absolute atomic E-state index is 4.66. The SMILES string of the molecule is C[C@]12C[C@@H](c3ncc(-c4ccc(C#Cc5ccc(-c6cnc([C@@H]7C[C@]8(C)C[C@@H]8N7)[nH]6)cc5)cc4)[nH]3)N[C@H]1C2. The molecular weight excluding hydrogens is 468 g/mol. The monoisotopic (exact) mass is 500 g/mol. The Hall–Kier alpha value is -3.66. The summed E-state index contributed by atoms with van der Waals surface area (Å²) < 4.78 is 0. The number of nitrogens with one attached hydrogen (secondary N) is 4. The summed E-state index contributed by atoms with van der Waals surface area (Å²) in [6, 6.07) is 18.8. The molecule has 4 aromatic rings. The lowest BCUT2D eigenvalue weighted by atomic mass is 10.0. The first kappa shape index (κ1) is 22.3. The number of nitrogens with zero attached hydrogens (tertiary/aromatic N) is 2. The van der Waals surface area contributed by atoms with Gasteiger partial charge in [0.2, 0.25) is 0 Å². The van der Waals surface area contributed by atoms with Crippen molar-refractivity contribution < 1.29 is 0 Å². The Morgan fingerprint density at radius 3 is 1.42 bits per heavy atom. The fourth-order valence-electron chi connectivity index (χ4n) is 6.60. The van der Waals surface area contributed by atoms with E-state index < -0.39 is 0 Å². The number of H-pyrrole nitrogens is 2. The van der Waals surface area contributed by atoms with Crippen molar-refractivity contribution in [2.75, 3.05) is 0 Å². The fraction of sp³-hybridized carbons (Fsp3) is 0.375. The van der Waals surface area contributed by atoms with Gasteiger partial charge in [0.25, 0.3) is 0 Å². The number of aromatic amines is 2. The Labute approximate surface area is 223 Å². The van der Waals surface area contributed by atoms with Gasteiger partial charge in [-0.2, -0.15) is 0 Å². The molecule has 190 valence electrons. The van der Waals surface area contributed by atoms with Crippen LogP contribution in [-0.2, 0) is 0 Å². The van der Waals surface area contributed by atoms with Crippen LogP contribution in [0.3, 0.4) is 0 Å². The molecule has 2 saturated heterocycles. The quantitative estimate of drug-likeness (QED) is 0.279. The van der Waals surface area contributed by atoms with Gasteiger partial charge in [0.1, 0.15) is 11.6 Å². The molecule has 6 nitrogen and oxygen atoms in total. The lowest BCUT2D eigenvalue weighted by Gasteiger charge is -2.11. The Bertz CT molecular complexity index is 1470. The second kappa shape index (κ2) is 7.92. The smallest absolute Gasteiger partial charge is 0.123 e. The van der Waals surface area contributed by atoms with Crippen LogP contribution >= 0.6 is 0 Å². The number of hydrogen-bond acceptors (Lipinski definition) is 4. The third kappa shape index (κ3) is 3.81. The molecule has 2 aromatic carbocycles. The number of aromatic nitrogens is 4. The average Bonchev–Trinajstić information content (AvgIpc) is 3.41. The highest BCUT2D eigenvalue weighted by molar-refractivity contribution is 5.62. The van der Waals surface area contributed by atoms with Gasteiger partial charge in [-0.25, -0.2) is 9.97 Å². The summed E-state index contributed by atoms with van der Waals surface area (Å²) in [7, 11) is 0. The van der Waals surface area contributed by atoms with Crippen molar-refractivity contribution in [3.8, 4) is 34.4 Å². The van der Waals surface area contributed by atoms with Crippen molar-refractivity contribution in [3.05, 3.63) is 83.7 Å². The van der Waals surface area contributed by atoms with E-state index in [1.54, 1.807) is 0 Å². The molecule has 4 fully saturated rings. The fourth-order valence-corrected chi connectivity index (χ4v) is 6.60. The largest absolute Gasteiger partial charge is 0.341 e. The van der Waals surface area contributed by atoms with Crippen molar-refractivity contribution in [3.63, 3.8) is 0 Å². The Morgan fingerprint density at radius 2 is 1.05 bits per heavy atom. The molecule has 2 aliphatic carbocycles. The zero-order chi connectivity index (χ0) is 25.5. The number of piperidine rings is 2. The molecule has 38 heavy (non-hydrogen) atoms. The molecular formula is C32H32N6. The van der Waals surface area contributed by atoms with E-state index in [0.717, 1.165) is 45.3 Å². The van der Waals surface area contributed by atoms with E-state index in [0.29, 0.717) is 35.0 Å². The van der Waals surface area contributed by atoms with Gasteiger partial charge in [-0.15, -0.1) is 0 Å². The second-order valence-corrected chi connectivity index (χ2v) is 12.4. The minimum atomic E-state index is 0.345. The van der Waals surface area contributed by atoms with Crippen LogP contribution in [0.15, 0.2) is 60.9 Å². The Balaban J connectivity index is 0.920. The highest BCUT2D eigenvalue weighted by atomic mass is 15.1. The minimum Gasteiger partial charge on any atom is -0.341 e. The van der Waals surface area contributed by atoms with Gasteiger partial charge in [0.15, 0.2) is 0 Å². The molecule has 0 amide bonds. The molecule has 6 atom stereocenters. The van der Waals surface area contributed by atoms with E-state index >= 15 is 0 Å². The first-order chi connectivity index (χ1) is 18.4. The number of benzene rings is 2. The summed E-state index contributed by atoms with van der Waals surface area (Å²) in [5.41, 5.74) is 7.32. The molecule has 2 aliphatic heterocycles. The van der Waals surface area contributed by atoms with E-state index in [9.17, 15) is 0 Å². The average molecular weight is 501 g/mol. The van der Waals surface area contributed by atoms with Gasteiger partial charge in [-0.05, 0) is 71.9 Å². The van der Waals surface area contributed by atoms with Gasteiger partial charge in [0, 0.05) is 23.2 Å². The number of hydrogen-bond donors (Lipinski definition) is 4. The Morgan fingerprint density at radius 1 is 0.632 bits per heavy atom. The van der Waals surface area contributed by atoms with Crippen LogP contribution in [0.1, 0.15) is 74.4 Å².